The lowest BCUT2D eigenvalue weighted by Gasteiger charge is -2.34. The minimum atomic E-state index is -0.188. The van der Waals surface area contributed by atoms with Crippen molar-refractivity contribution in [2.75, 3.05) is 32.7 Å². The molecule has 28 heavy (non-hydrogen) atoms. The Labute approximate surface area is 166 Å². The van der Waals surface area contributed by atoms with Gasteiger partial charge in [-0.2, -0.15) is 0 Å². The summed E-state index contributed by atoms with van der Waals surface area (Å²) in [6.45, 7) is 9.18. The summed E-state index contributed by atoms with van der Waals surface area (Å²) in [5, 5.41) is 2.95. The zero-order chi connectivity index (χ0) is 20.3. The predicted octanol–water partition coefficient (Wildman–Crippen LogP) is 1.30. The molecule has 2 aliphatic rings. The van der Waals surface area contributed by atoms with Crippen LogP contribution in [-0.4, -0.2) is 69.8 Å². The molecule has 154 valence electrons. The van der Waals surface area contributed by atoms with Gasteiger partial charge in [-0.3, -0.25) is 14.4 Å². The molecule has 2 aliphatic heterocycles. The van der Waals surface area contributed by atoms with Gasteiger partial charge >= 0.3 is 0 Å². The molecule has 0 unspecified atom stereocenters. The van der Waals surface area contributed by atoms with Gasteiger partial charge in [0.05, 0.1) is 5.69 Å². The fraction of sp³-hybridized carbons (Fsp3) is 0.700. The number of imidazole rings is 1. The Bertz CT molecular complexity index is 747. The van der Waals surface area contributed by atoms with Gasteiger partial charge in [-0.25, -0.2) is 4.98 Å². The van der Waals surface area contributed by atoms with Gasteiger partial charge in [0, 0.05) is 46.2 Å². The molecule has 0 spiro atoms. The van der Waals surface area contributed by atoms with Crippen LogP contribution in [0.3, 0.4) is 0 Å². The van der Waals surface area contributed by atoms with Crippen LogP contribution in [0.15, 0.2) is 0 Å². The number of piperazine rings is 1. The van der Waals surface area contributed by atoms with E-state index in [9.17, 15) is 14.4 Å². The fourth-order valence-electron chi connectivity index (χ4n) is 3.81. The summed E-state index contributed by atoms with van der Waals surface area (Å²) in [5.74, 6) is 0.576. The van der Waals surface area contributed by atoms with Crippen molar-refractivity contribution in [2.24, 2.45) is 5.92 Å². The molecule has 1 fully saturated rings. The maximum Gasteiger partial charge on any atom is 0.290 e. The van der Waals surface area contributed by atoms with Gasteiger partial charge in [0.15, 0.2) is 5.82 Å². The lowest BCUT2D eigenvalue weighted by atomic mass is 10.1. The van der Waals surface area contributed by atoms with Crippen LogP contribution in [0.4, 0.5) is 0 Å². The van der Waals surface area contributed by atoms with Crippen molar-refractivity contribution in [3.05, 3.63) is 17.2 Å². The number of aromatic nitrogens is 2. The van der Waals surface area contributed by atoms with E-state index in [1.807, 2.05) is 4.57 Å². The van der Waals surface area contributed by atoms with Gasteiger partial charge < -0.3 is 19.7 Å². The monoisotopic (exact) mass is 389 g/mol. The normalized spacial score (nSPS) is 16.9. The number of amides is 3. The van der Waals surface area contributed by atoms with Crippen LogP contribution in [0, 0.1) is 5.92 Å². The molecule has 0 saturated carbocycles. The maximum absolute atomic E-state index is 13.1. The second kappa shape index (κ2) is 8.75. The van der Waals surface area contributed by atoms with Crippen LogP contribution in [0.25, 0.3) is 0 Å². The van der Waals surface area contributed by atoms with Crippen LogP contribution in [0.5, 0.6) is 0 Å². The van der Waals surface area contributed by atoms with Crippen molar-refractivity contribution in [1.82, 2.24) is 24.7 Å². The number of nitrogens with zero attached hydrogens (tertiary/aromatic N) is 4. The topological polar surface area (TPSA) is 87.5 Å². The van der Waals surface area contributed by atoms with E-state index in [1.165, 1.54) is 0 Å². The highest BCUT2D eigenvalue weighted by Crippen LogP contribution is 2.22. The number of nitrogens with one attached hydrogen (secondary N) is 1. The first-order valence-electron chi connectivity index (χ1n) is 10.3. The van der Waals surface area contributed by atoms with Crippen molar-refractivity contribution in [2.45, 2.75) is 53.0 Å². The average Bonchev–Trinajstić information content (AvgIpc) is 3.07. The predicted molar refractivity (Wildman–Crippen MR) is 105 cm³/mol. The van der Waals surface area contributed by atoms with Crippen molar-refractivity contribution >= 4 is 17.7 Å². The molecule has 0 aromatic carbocycles. The van der Waals surface area contributed by atoms with Crippen LogP contribution in [0.1, 0.15) is 66.8 Å². The van der Waals surface area contributed by atoms with Crippen molar-refractivity contribution in [1.29, 1.82) is 0 Å². The van der Waals surface area contributed by atoms with Crippen LogP contribution in [-0.2, 0) is 17.8 Å². The van der Waals surface area contributed by atoms with Crippen LogP contribution >= 0.6 is 0 Å². The van der Waals surface area contributed by atoms with Gasteiger partial charge in [0.25, 0.3) is 11.8 Å². The second-order valence-electron chi connectivity index (χ2n) is 8.08. The van der Waals surface area contributed by atoms with E-state index in [1.54, 1.807) is 16.7 Å². The highest BCUT2D eigenvalue weighted by Gasteiger charge is 2.31. The summed E-state index contributed by atoms with van der Waals surface area (Å²) in [6, 6.07) is 0. The van der Waals surface area contributed by atoms with E-state index in [4.69, 9.17) is 0 Å². The third-order valence-corrected chi connectivity index (χ3v) is 5.54. The third-order valence-electron chi connectivity index (χ3n) is 5.54. The lowest BCUT2D eigenvalue weighted by molar-refractivity contribution is -0.130. The summed E-state index contributed by atoms with van der Waals surface area (Å²) in [7, 11) is 0. The lowest BCUT2D eigenvalue weighted by Crippen LogP contribution is -2.50. The van der Waals surface area contributed by atoms with E-state index >= 15 is 0 Å². The Kier molecular flexibility index (Phi) is 6.36. The quantitative estimate of drug-likeness (QED) is 0.822. The Morgan fingerprint density at radius 3 is 2.36 bits per heavy atom. The van der Waals surface area contributed by atoms with Crippen molar-refractivity contribution < 1.29 is 14.4 Å². The minimum absolute atomic E-state index is 0.0330. The average molecular weight is 390 g/mol. The number of fused-ring (bicyclic) bond motifs is 1. The summed E-state index contributed by atoms with van der Waals surface area (Å²) >= 11 is 0. The molecule has 3 amide bonds. The highest BCUT2D eigenvalue weighted by atomic mass is 16.2. The molecule has 1 aromatic rings. The maximum atomic E-state index is 13.1. The Morgan fingerprint density at radius 2 is 1.71 bits per heavy atom. The molecule has 1 aromatic heterocycles. The molecular weight excluding hydrogens is 358 g/mol. The number of carbonyl (C=O) groups is 3. The molecule has 3 heterocycles. The number of rotatable bonds is 5. The smallest absolute Gasteiger partial charge is 0.290 e. The Balaban J connectivity index is 1.76. The van der Waals surface area contributed by atoms with E-state index in [-0.39, 0.29) is 17.7 Å². The largest absolute Gasteiger partial charge is 0.351 e. The van der Waals surface area contributed by atoms with Gasteiger partial charge in [0.2, 0.25) is 5.91 Å². The number of hydrogen-bond acceptors (Lipinski definition) is 4. The molecule has 0 atom stereocenters. The zero-order valence-corrected chi connectivity index (χ0v) is 17.2. The third kappa shape index (κ3) is 4.36. The van der Waals surface area contributed by atoms with E-state index in [0.717, 1.165) is 37.9 Å². The molecule has 3 rings (SSSR count). The molecule has 1 saturated heterocycles. The van der Waals surface area contributed by atoms with Gasteiger partial charge in [-0.15, -0.1) is 0 Å². The zero-order valence-electron chi connectivity index (χ0n) is 17.2. The van der Waals surface area contributed by atoms with E-state index in [0.29, 0.717) is 50.2 Å². The van der Waals surface area contributed by atoms with Gasteiger partial charge in [-0.1, -0.05) is 13.8 Å². The van der Waals surface area contributed by atoms with Gasteiger partial charge in [-0.05, 0) is 31.6 Å². The molecular formula is C20H31N5O3. The van der Waals surface area contributed by atoms with Gasteiger partial charge in [0.1, 0.15) is 5.69 Å². The molecule has 8 nitrogen and oxygen atoms in total. The first kappa shape index (κ1) is 20.4. The van der Waals surface area contributed by atoms with Crippen LogP contribution < -0.4 is 5.32 Å². The first-order chi connectivity index (χ1) is 13.4. The second-order valence-corrected chi connectivity index (χ2v) is 8.08. The highest BCUT2D eigenvalue weighted by molar-refractivity contribution is 5.97. The fourth-order valence-corrected chi connectivity index (χ4v) is 3.81. The first-order valence-corrected chi connectivity index (χ1v) is 10.3. The molecule has 0 aliphatic carbocycles. The van der Waals surface area contributed by atoms with E-state index in [2.05, 4.69) is 24.1 Å². The summed E-state index contributed by atoms with van der Waals surface area (Å²) < 4.78 is 1.93. The standard InChI is InChI=1S/C20H31N5O3/c1-14(2)7-8-21-19(27)17-16-6-4-5-9-25(16)18(22-17)20(28)24-12-10-23(11-13-24)15(3)26/h14H,4-13H2,1-3H3,(H,21,27). The molecule has 0 radical (unpaired) electrons. The van der Waals surface area contributed by atoms with Crippen LogP contribution in [0.2, 0.25) is 0 Å². The summed E-state index contributed by atoms with van der Waals surface area (Å²) in [4.78, 5) is 45.3. The number of carbonyl (C=O) groups excluding carboxylic acids is 3. The summed E-state index contributed by atoms with van der Waals surface area (Å²) in [6.07, 6.45) is 3.67. The van der Waals surface area contributed by atoms with E-state index < -0.39 is 0 Å². The Hall–Kier alpha value is -2.38. The minimum Gasteiger partial charge on any atom is -0.351 e. The molecule has 1 N–H and O–H groups in total. The molecule has 8 heteroatoms. The SMILES string of the molecule is CC(=O)N1CCN(C(=O)c2nc(C(=O)NCCC(C)C)c3n2CCCC3)CC1. The van der Waals surface area contributed by atoms with Crippen molar-refractivity contribution in [3.63, 3.8) is 0 Å². The van der Waals surface area contributed by atoms with Crippen molar-refractivity contribution in [3.8, 4) is 0 Å². The number of hydrogen-bond donors (Lipinski definition) is 1. The Morgan fingerprint density at radius 1 is 1.04 bits per heavy atom. The summed E-state index contributed by atoms with van der Waals surface area (Å²) in [5.41, 5.74) is 1.27. The molecule has 0 bridgehead atoms.